The van der Waals surface area contributed by atoms with E-state index in [1.807, 2.05) is 46.4 Å². The second-order valence-electron chi connectivity index (χ2n) is 6.38. The molecule has 1 atom stereocenters. The lowest BCUT2D eigenvalue weighted by Crippen LogP contribution is -2.87. The predicted octanol–water partition coefficient (Wildman–Crippen LogP) is 1.51. The van der Waals surface area contributed by atoms with Crippen LogP contribution in [0.4, 0.5) is 19.0 Å². The van der Waals surface area contributed by atoms with E-state index in [2.05, 4.69) is 10.3 Å². The highest BCUT2D eigenvalue weighted by molar-refractivity contribution is 5.79. The van der Waals surface area contributed by atoms with Crippen LogP contribution in [0.3, 0.4) is 0 Å². The minimum Gasteiger partial charge on any atom is -0.385 e. The van der Waals surface area contributed by atoms with Gasteiger partial charge in [-0.05, 0) is 29.7 Å². The van der Waals surface area contributed by atoms with Gasteiger partial charge in [0.15, 0.2) is 0 Å². The number of H-pyrrole nitrogens is 1. The predicted molar refractivity (Wildman–Crippen MR) is 96.1 cm³/mol. The van der Waals surface area contributed by atoms with E-state index in [0.717, 1.165) is 17.0 Å². The largest absolute Gasteiger partial charge is 0.424 e. The molecule has 0 amide bonds. The first-order valence-electron chi connectivity index (χ1n) is 8.80. The number of aromatic amines is 1. The van der Waals surface area contributed by atoms with Gasteiger partial charge in [-0.2, -0.15) is 13.2 Å². The Morgan fingerprint density at radius 1 is 1.15 bits per heavy atom. The molecule has 27 heavy (non-hydrogen) atoms. The van der Waals surface area contributed by atoms with Crippen LogP contribution >= 0.6 is 0 Å². The molecule has 0 fully saturated rings. The minimum absolute atomic E-state index is 0.0437. The zero-order valence-electron chi connectivity index (χ0n) is 14.7. The zero-order valence-corrected chi connectivity index (χ0v) is 14.7. The second kappa shape index (κ2) is 8.41. The molecule has 0 spiro atoms. The molecule has 0 radical (unpaired) electrons. The second-order valence-corrected chi connectivity index (χ2v) is 6.38. The first kappa shape index (κ1) is 19.2. The zero-order chi connectivity index (χ0) is 19.3. The molecule has 2 aromatic heterocycles. The average Bonchev–Trinajstić information content (AvgIpc) is 3.04. The van der Waals surface area contributed by atoms with Crippen molar-refractivity contribution in [3.05, 3.63) is 60.4 Å². The Labute approximate surface area is 154 Å². The summed E-state index contributed by atoms with van der Waals surface area (Å²) in [4.78, 5) is 2.59. The number of aliphatic hydroxyl groups excluding tert-OH is 1. The standard InChI is InChI=1S/C19H21F3N4O/c20-19(21,22)16-5-3-8-24-18(16)25-10-9-23-12-15(27)13-26-11-7-14-4-1-2-6-17(14)26/h1-8,11,15,23,27H,9-10,12-13H2,(H,24,25)/p+2/t15-/m1/s1. The third-order valence-electron chi connectivity index (χ3n) is 4.34. The average molecular weight is 380 g/mol. The van der Waals surface area contributed by atoms with E-state index in [4.69, 9.17) is 0 Å². The number of halogens is 3. The van der Waals surface area contributed by atoms with E-state index in [0.29, 0.717) is 26.2 Å². The summed E-state index contributed by atoms with van der Waals surface area (Å²) in [5, 5.41) is 16.0. The monoisotopic (exact) mass is 380 g/mol. The Balaban J connectivity index is 1.43. The topological polar surface area (TPSA) is 67.9 Å². The Hall–Kier alpha value is -2.58. The molecule has 5 N–H and O–H groups in total. The number of anilines is 1. The molecular weight excluding hydrogens is 357 g/mol. The van der Waals surface area contributed by atoms with Crippen molar-refractivity contribution in [3.8, 4) is 0 Å². The van der Waals surface area contributed by atoms with E-state index in [1.165, 1.54) is 12.3 Å². The molecular formula is C19H23F3N4O+2. The van der Waals surface area contributed by atoms with Gasteiger partial charge in [0.1, 0.15) is 31.3 Å². The summed E-state index contributed by atoms with van der Waals surface area (Å²) in [6, 6.07) is 12.3. The van der Waals surface area contributed by atoms with Gasteiger partial charge in [-0.15, -0.1) is 0 Å². The van der Waals surface area contributed by atoms with Gasteiger partial charge in [0.05, 0.1) is 12.7 Å². The third kappa shape index (κ3) is 4.99. The van der Waals surface area contributed by atoms with Crippen LogP contribution in [0.5, 0.6) is 0 Å². The lowest BCUT2D eigenvalue weighted by molar-refractivity contribution is -0.658. The SMILES string of the molecule is O[C@H](C[NH2+]CCNc1[nH+]cccc1C(F)(F)F)Cn1ccc2ccccc21. The number of fused-ring (bicyclic) bond motifs is 1. The lowest BCUT2D eigenvalue weighted by Gasteiger charge is -2.12. The fraction of sp³-hybridized carbons (Fsp3) is 0.316. The number of rotatable bonds is 8. The van der Waals surface area contributed by atoms with Crippen LogP contribution in [0.15, 0.2) is 54.9 Å². The summed E-state index contributed by atoms with van der Waals surface area (Å²) in [6.07, 6.45) is -1.56. The van der Waals surface area contributed by atoms with Crippen molar-refractivity contribution in [1.82, 2.24) is 4.57 Å². The Morgan fingerprint density at radius 2 is 1.96 bits per heavy atom. The van der Waals surface area contributed by atoms with E-state index < -0.39 is 17.8 Å². The van der Waals surface area contributed by atoms with Crippen molar-refractivity contribution in [2.45, 2.75) is 18.8 Å². The molecule has 0 unspecified atom stereocenters. The molecule has 0 aliphatic carbocycles. The summed E-state index contributed by atoms with van der Waals surface area (Å²) in [7, 11) is 0. The van der Waals surface area contributed by atoms with E-state index >= 15 is 0 Å². The fourth-order valence-electron chi connectivity index (χ4n) is 3.03. The highest BCUT2D eigenvalue weighted by atomic mass is 19.4. The van der Waals surface area contributed by atoms with Gasteiger partial charge in [-0.3, -0.25) is 5.32 Å². The molecule has 2 heterocycles. The molecule has 5 nitrogen and oxygen atoms in total. The molecule has 3 rings (SSSR count). The summed E-state index contributed by atoms with van der Waals surface area (Å²) in [5.41, 5.74) is 0.349. The van der Waals surface area contributed by atoms with E-state index in [9.17, 15) is 18.3 Å². The summed E-state index contributed by atoms with van der Waals surface area (Å²) >= 11 is 0. The van der Waals surface area contributed by atoms with E-state index in [1.54, 1.807) is 0 Å². The molecule has 0 saturated carbocycles. The van der Waals surface area contributed by atoms with Gasteiger partial charge < -0.3 is 15.0 Å². The maximum atomic E-state index is 12.9. The number of nitrogens with two attached hydrogens (primary N) is 1. The van der Waals surface area contributed by atoms with Crippen molar-refractivity contribution < 1.29 is 28.6 Å². The highest BCUT2D eigenvalue weighted by Gasteiger charge is 2.36. The van der Waals surface area contributed by atoms with Gasteiger partial charge >= 0.3 is 6.18 Å². The highest BCUT2D eigenvalue weighted by Crippen LogP contribution is 2.32. The molecule has 0 aliphatic rings. The van der Waals surface area contributed by atoms with Crippen LogP contribution in [0.1, 0.15) is 5.56 Å². The molecule has 3 aromatic rings. The quantitative estimate of drug-likeness (QED) is 0.519. The number of pyridine rings is 1. The number of benzene rings is 1. The first-order valence-corrected chi connectivity index (χ1v) is 8.80. The minimum atomic E-state index is -4.40. The van der Waals surface area contributed by atoms with Crippen molar-refractivity contribution in [1.29, 1.82) is 0 Å². The smallest absolute Gasteiger partial charge is 0.385 e. The number of hydrogen-bond donors (Lipinski definition) is 3. The maximum Gasteiger partial charge on any atom is 0.424 e. The lowest BCUT2D eigenvalue weighted by atomic mass is 10.2. The van der Waals surface area contributed by atoms with Crippen molar-refractivity contribution in [2.24, 2.45) is 0 Å². The van der Waals surface area contributed by atoms with Crippen LogP contribution in [0.2, 0.25) is 0 Å². The van der Waals surface area contributed by atoms with Gasteiger partial charge in [-0.1, -0.05) is 18.2 Å². The van der Waals surface area contributed by atoms with E-state index in [-0.39, 0.29) is 5.82 Å². The maximum absolute atomic E-state index is 12.9. The van der Waals surface area contributed by atoms with Crippen LogP contribution in [0.25, 0.3) is 10.9 Å². The van der Waals surface area contributed by atoms with Crippen LogP contribution in [-0.2, 0) is 12.7 Å². The number of quaternary nitrogens is 1. The van der Waals surface area contributed by atoms with Gasteiger partial charge in [0.25, 0.3) is 5.82 Å². The Morgan fingerprint density at radius 3 is 2.78 bits per heavy atom. The number of nitrogens with zero attached hydrogens (tertiary/aromatic N) is 1. The number of para-hydroxylation sites is 1. The Kier molecular flexibility index (Phi) is 5.98. The van der Waals surface area contributed by atoms with Crippen LogP contribution in [-0.4, -0.2) is 35.4 Å². The normalized spacial score (nSPS) is 13.0. The number of aromatic nitrogens is 2. The summed E-state index contributed by atoms with van der Waals surface area (Å²) in [5.74, 6) is -0.0437. The Bertz CT molecular complexity index is 879. The number of nitrogens with one attached hydrogen (secondary N) is 2. The summed E-state index contributed by atoms with van der Waals surface area (Å²) in [6.45, 7) is 1.84. The fourth-order valence-corrected chi connectivity index (χ4v) is 3.03. The van der Waals surface area contributed by atoms with Crippen LogP contribution in [0, 0.1) is 0 Å². The van der Waals surface area contributed by atoms with Crippen LogP contribution < -0.4 is 15.6 Å². The molecule has 0 aliphatic heterocycles. The molecule has 1 aromatic carbocycles. The molecule has 0 saturated heterocycles. The first-order chi connectivity index (χ1) is 12.9. The van der Waals surface area contributed by atoms with Crippen molar-refractivity contribution in [3.63, 3.8) is 0 Å². The number of aliphatic hydroxyl groups is 1. The van der Waals surface area contributed by atoms with Crippen molar-refractivity contribution >= 4 is 16.7 Å². The van der Waals surface area contributed by atoms with Gasteiger partial charge in [0, 0.05) is 11.7 Å². The molecule has 8 heteroatoms. The molecule has 144 valence electrons. The van der Waals surface area contributed by atoms with Crippen molar-refractivity contribution in [2.75, 3.05) is 25.0 Å². The molecule has 0 bridgehead atoms. The van der Waals surface area contributed by atoms with Gasteiger partial charge in [-0.25, -0.2) is 4.98 Å². The third-order valence-corrected chi connectivity index (χ3v) is 4.34. The van der Waals surface area contributed by atoms with Gasteiger partial charge in [0.2, 0.25) is 0 Å². The summed E-state index contributed by atoms with van der Waals surface area (Å²) < 4.78 is 40.8. The number of hydrogen-bond acceptors (Lipinski definition) is 2. The number of alkyl halides is 3.